The SMILES string of the molecule is Nc1ccc(C(=O)NC23CC4CC(CC(C4)C2)C3)nn1. The summed E-state index contributed by atoms with van der Waals surface area (Å²) in [6.45, 7) is 0. The fourth-order valence-electron chi connectivity index (χ4n) is 5.03. The zero-order chi connectivity index (χ0) is 13.7. The van der Waals surface area contributed by atoms with Crippen LogP contribution in [0.1, 0.15) is 49.0 Å². The summed E-state index contributed by atoms with van der Waals surface area (Å²) in [5.74, 6) is 2.70. The van der Waals surface area contributed by atoms with Gasteiger partial charge in [0, 0.05) is 5.54 Å². The quantitative estimate of drug-likeness (QED) is 0.859. The molecule has 20 heavy (non-hydrogen) atoms. The Hall–Kier alpha value is -1.65. The molecule has 0 atom stereocenters. The van der Waals surface area contributed by atoms with Gasteiger partial charge in [0.1, 0.15) is 5.82 Å². The molecule has 5 heteroatoms. The first-order chi connectivity index (χ1) is 9.62. The summed E-state index contributed by atoms with van der Waals surface area (Å²) in [6, 6.07) is 3.28. The maximum absolute atomic E-state index is 12.4. The van der Waals surface area contributed by atoms with Gasteiger partial charge in [0.05, 0.1) is 0 Å². The van der Waals surface area contributed by atoms with Crippen LogP contribution in [0.3, 0.4) is 0 Å². The molecule has 0 aromatic carbocycles. The van der Waals surface area contributed by atoms with Gasteiger partial charge in [0.25, 0.3) is 5.91 Å². The topological polar surface area (TPSA) is 80.9 Å². The third-order valence-electron chi connectivity index (χ3n) is 5.33. The Morgan fingerprint density at radius 2 is 1.70 bits per heavy atom. The minimum Gasteiger partial charge on any atom is -0.382 e. The van der Waals surface area contributed by atoms with Gasteiger partial charge in [-0.25, -0.2) is 0 Å². The van der Waals surface area contributed by atoms with Crippen molar-refractivity contribution in [1.29, 1.82) is 0 Å². The second-order valence-electron chi connectivity index (χ2n) is 7.00. The fourth-order valence-corrected chi connectivity index (χ4v) is 5.03. The fraction of sp³-hybridized carbons (Fsp3) is 0.667. The Labute approximate surface area is 118 Å². The molecule has 4 aliphatic carbocycles. The summed E-state index contributed by atoms with van der Waals surface area (Å²) >= 11 is 0. The van der Waals surface area contributed by atoms with E-state index in [9.17, 15) is 4.79 Å². The molecule has 0 radical (unpaired) electrons. The summed E-state index contributed by atoms with van der Waals surface area (Å²) < 4.78 is 0. The average molecular weight is 272 g/mol. The van der Waals surface area contributed by atoms with Crippen LogP contribution in [0.25, 0.3) is 0 Å². The Kier molecular flexibility index (Phi) is 2.53. The molecule has 1 amide bonds. The Bertz CT molecular complexity index is 504. The van der Waals surface area contributed by atoms with Gasteiger partial charge in [0.15, 0.2) is 5.69 Å². The molecular formula is C15H20N4O. The number of carbonyl (C=O) groups excluding carboxylic acids is 1. The van der Waals surface area contributed by atoms with Crippen LogP contribution in [-0.4, -0.2) is 21.6 Å². The second kappa shape index (κ2) is 4.17. The number of nitrogens with one attached hydrogen (secondary N) is 1. The molecule has 106 valence electrons. The monoisotopic (exact) mass is 272 g/mol. The predicted molar refractivity (Wildman–Crippen MR) is 74.8 cm³/mol. The summed E-state index contributed by atoms with van der Waals surface area (Å²) in [6.07, 6.45) is 7.55. The van der Waals surface area contributed by atoms with Crippen molar-refractivity contribution in [1.82, 2.24) is 15.5 Å². The summed E-state index contributed by atoms with van der Waals surface area (Å²) in [4.78, 5) is 12.4. The van der Waals surface area contributed by atoms with E-state index < -0.39 is 0 Å². The standard InChI is InChI=1S/C15H20N4O/c16-13-2-1-12(18-19-13)14(20)17-15-6-9-3-10(7-15)5-11(4-9)8-15/h1-2,9-11H,3-8H2,(H2,16,19)(H,17,20). The van der Waals surface area contributed by atoms with Gasteiger partial charge in [0.2, 0.25) is 0 Å². The molecule has 1 aromatic rings. The highest BCUT2D eigenvalue weighted by atomic mass is 16.2. The molecule has 4 saturated carbocycles. The highest BCUT2D eigenvalue weighted by Gasteiger charge is 2.51. The molecule has 0 aliphatic heterocycles. The number of nitrogens with two attached hydrogens (primary N) is 1. The molecule has 5 rings (SSSR count). The normalized spacial score (nSPS) is 37.9. The number of aromatic nitrogens is 2. The smallest absolute Gasteiger partial charge is 0.272 e. The van der Waals surface area contributed by atoms with E-state index in [0.717, 1.165) is 37.0 Å². The van der Waals surface area contributed by atoms with Crippen LogP contribution in [-0.2, 0) is 0 Å². The number of nitrogen functional groups attached to an aromatic ring is 1. The van der Waals surface area contributed by atoms with Crippen LogP contribution in [0.4, 0.5) is 5.82 Å². The van der Waals surface area contributed by atoms with Gasteiger partial charge in [-0.05, 0) is 68.4 Å². The lowest BCUT2D eigenvalue weighted by Crippen LogP contribution is -2.59. The number of rotatable bonds is 2. The first kappa shape index (κ1) is 12.1. The summed E-state index contributed by atoms with van der Waals surface area (Å²) in [7, 11) is 0. The highest BCUT2D eigenvalue weighted by Crippen LogP contribution is 2.55. The Morgan fingerprint density at radius 3 is 2.20 bits per heavy atom. The molecule has 4 fully saturated rings. The van der Waals surface area contributed by atoms with Gasteiger partial charge in [-0.15, -0.1) is 10.2 Å². The zero-order valence-corrected chi connectivity index (χ0v) is 11.5. The molecule has 3 N–H and O–H groups in total. The van der Waals surface area contributed by atoms with E-state index in [1.807, 2.05) is 0 Å². The van der Waals surface area contributed by atoms with E-state index in [4.69, 9.17) is 5.73 Å². The molecule has 0 saturated heterocycles. The maximum atomic E-state index is 12.4. The maximum Gasteiger partial charge on any atom is 0.272 e. The first-order valence-corrected chi connectivity index (χ1v) is 7.54. The molecular weight excluding hydrogens is 252 g/mol. The molecule has 5 nitrogen and oxygen atoms in total. The van der Waals surface area contributed by atoms with Crippen molar-refractivity contribution < 1.29 is 4.79 Å². The lowest BCUT2D eigenvalue weighted by atomic mass is 9.53. The van der Waals surface area contributed by atoms with E-state index in [-0.39, 0.29) is 11.4 Å². The Balaban J connectivity index is 1.53. The number of anilines is 1. The van der Waals surface area contributed by atoms with Gasteiger partial charge < -0.3 is 11.1 Å². The molecule has 1 aromatic heterocycles. The zero-order valence-electron chi connectivity index (χ0n) is 11.5. The van der Waals surface area contributed by atoms with Crippen LogP contribution in [0, 0.1) is 17.8 Å². The van der Waals surface area contributed by atoms with E-state index in [2.05, 4.69) is 15.5 Å². The minimum atomic E-state index is -0.0977. The third-order valence-corrected chi connectivity index (χ3v) is 5.33. The van der Waals surface area contributed by atoms with Crippen LogP contribution in [0.15, 0.2) is 12.1 Å². The molecule has 4 aliphatic rings. The van der Waals surface area contributed by atoms with Crippen molar-refractivity contribution in [2.75, 3.05) is 5.73 Å². The van der Waals surface area contributed by atoms with Crippen LogP contribution >= 0.6 is 0 Å². The third kappa shape index (κ3) is 1.96. The van der Waals surface area contributed by atoms with Crippen molar-refractivity contribution in [2.24, 2.45) is 17.8 Å². The lowest BCUT2D eigenvalue weighted by molar-refractivity contribution is -0.0168. The van der Waals surface area contributed by atoms with Crippen LogP contribution < -0.4 is 11.1 Å². The minimum absolute atomic E-state index is 0.0227. The van der Waals surface area contributed by atoms with Gasteiger partial charge in [-0.2, -0.15) is 0 Å². The van der Waals surface area contributed by atoms with Crippen molar-refractivity contribution in [3.05, 3.63) is 17.8 Å². The number of hydrogen-bond donors (Lipinski definition) is 2. The Morgan fingerprint density at radius 1 is 1.10 bits per heavy atom. The summed E-state index contributed by atoms with van der Waals surface area (Å²) in [5.41, 5.74) is 5.90. The van der Waals surface area contributed by atoms with E-state index >= 15 is 0 Å². The second-order valence-corrected chi connectivity index (χ2v) is 7.00. The largest absolute Gasteiger partial charge is 0.382 e. The highest BCUT2D eigenvalue weighted by molar-refractivity contribution is 5.92. The molecule has 1 heterocycles. The molecule has 0 unspecified atom stereocenters. The molecule has 4 bridgehead atoms. The predicted octanol–water partition coefficient (Wildman–Crippen LogP) is 1.76. The number of nitrogens with zero attached hydrogens (tertiary/aromatic N) is 2. The van der Waals surface area contributed by atoms with E-state index in [1.165, 1.54) is 19.3 Å². The van der Waals surface area contributed by atoms with E-state index in [0.29, 0.717) is 11.5 Å². The van der Waals surface area contributed by atoms with Crippen LogP contribution in [0.2, 0.25) is 0 Å². The van der Waals surface area contributed by atoms with Crippen molar-refractivity contribution in [3.63, 3.8) is 0 Å². The number of hydrogen-bond acceptors (Lipinski definition) is 4. The average Bonchev–Trinajstić information content (AvgIpc) is 2.37. The van der Waals surface area contributed by atoms with Gasteiger partial charge >= 0.3 is 0 Å². The first-order valence-electron chi connectivity index (χ1n) is 7.54. The van der Waals surface area contributed by atoms with Crippen molar-refractivity contribution in [2.45, 2.75) is 44.1 Å². The number of carbonyl (C=O) groups is 1. The van der Waals surface area contributed by atoms with E-state index in [1.54, 1.807) is 12.1 Å². The van der Waals surface area contributed by atoms with Crippen molar-refractivity contribution in [3.8, 4) is 0 Å². The van der Waals surface area contributed by atoms with Gasteiger partial charge in [-0.3, -0.25) is 4.79 Å². The van der Waals surface area contributed by atoms with Gasteiger partial charge in [-0.1, -0.05) is 0 Å². The van der Waals surface area contributed by atoms with Crippen molar-refractivity contribution >= 4 is 11.7 Å². The van der Waals surface area contributed by atoms with Crippen LogP contribution in [0.5, 0.6) is 0 Å². The summed E-state index contributed by atoms with van der Waals surface area (Å²) in [5, 5.41) is 10.9. The number of amides is 1. The lowest BCUT2D eigenvalue weighted by Gasteiger charge is -2.56. The molecule has 0 spiro atoms.